The molecule has 2 heterocycles. The summed E-state index contributed by atoms with van der Waals surface area (Å²) in [5, 5.41) is 10.2. The third kappa shape index (κ3) is 3.98. The monoisotopic (exact) mass is 329 g/mol. The number of aromatic nitrogens is 1. The van der Waals surface area contributed by atoms with Crippen molar-refractivity contribution in [1.82, 2.24) is 20.1 Å². The van der Waals surface area contributed by atoms with Gasteiger partial charge in [0, 0.05) is 38.8 Å². The van der Waals surface area contributed by atoms with Crippen LogP contribution < -0.4 is 10.6 Å². The first-order valence-corrected chi connectivity index (χ1v) is 8.89. The minimum absolute atomic E-state index is 0.256. The van der Waals surface area contributed by atoms with Crippen LogP contribution in [-0.4, -0.2) is 56.3 Å². The van der Waals surface area contributed by atoms with Crippen LogP contribution in [0.1, 0.15) is 23.4 Å². The number of aliphatic imine (C=N–C) groups is 1. The van der Waals surface area contributed by atoms with E-state index in [9.17, 15) is 8.42 Å². The number of nitrogens with one attached hydrogen (secondary N) is 2. The molecular weight excluding hydrogens is 306 g/mol. The largest absolute Gasteiger partial charge is 0.361 e. The van der Waals surface area contributed by atoms with Gasteiger partial charge >= 0.3 is 0 Å². The van der Waals surface area contributed by atoms with Gasteiger partial charge in [-0.05, 0) is 20.3 Å². The zero-order valence-corrected chi connectivity index (χ0v) is 14.0. The molecule has 1 aliphatic rings. The summed E-state index contributed by atoms with van der Waals surface area (Å²) in [6.07, 6.45) is 0.710. The first-order valence-electron chi connectivity index (χ1n) is 7.28. The summed E-state index contributed by atoms with van der Waals surface area (Å²) in [5.41, 5.74) is 1.86. The van der Waals surface area contributed by atoms with Gasteiger partial charge in [-0.1, -0.05) is 5.16 Å². The predicted molar refractivity (Wildman–Crippen MR) is 84.2 cm³/mol. The van der Waals surface area contributed by atoms with Crippen molar-refractivity contribution >= 4 is 16.0 Å². The molecule has 2 N–H and O–H groups in total. The number of sulfonamides is 1. The highest BCUT2D eigenvalue weighted by Gasteiger charge is 2.27. The molecule has 1 aromatic rings. The second-order valence-electron chi connectivity index (χ2n) is 5.22. The molecule has 0 spiro atoms. The van der Waals surface area contributed by atoms with Gasteiger partial charge in [-0.25, -0.2) is 12.7 Å². The van der Waals surface area contributed by atoms with Gasteiger partial charge in [0.25, 0.3) is 0 Å². The van der Waals surface area contributed by atoms with E-state index in [2.05, 4.69) is 20.8 Å². The Kier molecular flexibility index (Phi) is 5.41. The average Bonchev–Trinajstić information content (AvgIpc) is 2.97. The fraction of sp³-hybridized carbons (Fsp3) is 0.692. The summed E-state index contributed by atoms with van der Waals surface area (Å²) >= 11 is 0. The van der Waals surface area contributed by atoms with Crippen molar-refractivity contribution in [3.05, 3.63) is 17.0 Å². The molecule has 8 nitrogen and oxygen atoms in total. The minimum Gasteiger partial charge on any atom is -0.361 e. The summed E-state index contributed by atoms with van der Waals surface area (Å²) in [5.74, 6) is 1.66. The average molecular weight is 329 g/mol. The molecule has 0 aliphatic carbocycles. The maximum Gasteiger partial charge on any atom is 0.214 e. The van der Waals surface area contributed by atoms with Gasteiger partial charge in [0.15, 0.2) is 5.96 Å². The predicted octanol–water partition coefficient (Wildman–Crippen LogP) is -0.00806. The Hall–Kier alpha value is -1.61. The van der Waals surface area contributed by atoms with Crippen molar-refractivity contribution in [1.29, 1.82) is 0 Å². The number of guanidine groups is 1. The van der Waals surface area contributed by atoms with E-state index in [1.807, 2.05) is 13.8 Å². The van der Waals surface area contributed by atoms with Crippen LogP contribution >= 0.6 is 0 Å². The molecule has 9 heteroatoms. The lowest BCUT2D eigenvalue weighted by atomic mass is 10.2. The fourth-order valence-electron chi connectivity index (χ4n) is 2.39. The Morgan fingerprint density at radius 1 is 1.41 bits per heavy atom. The van der Waals surface area contributed by atoms with Crippen LogP contribution in [0.15, 0.2) is 9.52 Å². The lowest BCUT2D eigenvalue weighted by molar-refractivity contribution is 0.392. The normalized spacial score (nSPS) is 18.6. The van der Waals surface area contributed by atoms with Crippen LogP contribution in [0.25, 0.3) is 0 Å². The third-order valence-electron chi connectivity index (χ3n) is 3.69. The van der Waals surface area contributed by atoms with Gasteiger partial charge in [0.2, 0.25) is 10.0 Å². The van der Waals surface area contributed by atoms with Gasteiger partial charge in [0.1, 0.15) is 5.76 Å². The highest BCUT2D eigenvalue weighted by Crippen LogP contribution is 2.12. The Morgan fingerprint density at radius 3 is 2.73 bits per heavy atom. The molecule has 0 unspecified atom stereocenters. The number of rotatable bonds is 5. The molecule has 124 valence electrons. The zero-order chi connectivity index (χ0) is 16.2. The van der Waals surface area contributed by atoms with Crippen LogP contribution in [-0.2, 0) is 16.6 Å². The molecular formula is C13H23N5O3S. The summed E-state index contributed by atoms with van der Waals surface area (Å²) in [7, 11) is -1.36. The molecule has 1 saturated heterocycles. The maximum atomic E-state index is 11.7. The van der Waals surface area contributed by atoms with Crippen LogP contribution in [0, 0.1) is 13.8 Å². The van der Waals surface area contributed by atoms with Crippen LogP contribution in [0.2, 0.25) is 0 Å². The molecule has 0 radical (unpaired) electrons. The van der Waals surface area contributed by atoms with Crippen molar-refractivity contribution < 1.29 is 12.9 Å². The van der Waals surface area contributed by atoms with Gasteiger partial charge in [-0.3, -0.25) is 4.99 Å². The first kappa shape index (κ1) is 16.8. The van der Waals surface area contributed by atoms with Crippen LogP contribution in [0.4, 0.5) is 0 Å². The molecule has 1 aromatic heterocycles. The smallest absolute Gasteiger partial charge is 0.214 e. The number of hydrogen-bond donors (Lipinski definition) is 2. The Morgan fingerprint density at radius 2 is 2.18 bits per heavy atom. The van der Waals surface area contributed by atoms with Gasteiger partial charge in [-0.2, -0.15) is 0 Å². The first-order chi connectivity index (χ1) is 10.4. The molecule has 0 aromatic carbocycles. The molecule has 22 heavy (non-hydrogen) atoms. The molecule has 0 saturated carbocycles. The highest BCUT2D eigenvalue weighted by molar-refractivity contribution is 7.89. The van der Waals surface area contributed by atoms with Crippen LogP contribution in [0.5, 0.6) is 0 Å². The standard InChI is InChI=1S/C13H23N5O3S/c1-10-12(11(2)21-17-10)9-16-13(14-3)15-5-7-18-6-4-8-22(18,19)20/h4-9H2,1-3H3,(H2,14,15,16). The maximum absolute atomic E-state index is 11.7. The van der Waals surface area contributed by atoms with Gasteiger partial charge < -0.3 is 15.2 Å². The molecule has 2 rings (SSSR count). The van der Waals surface area contributed by atoms with Crippen molar-refractivity contribution in [2.24, 2.45) is 4.99 Å². The van der Waals surface area contributed by atoms with E-state index in [4.69, 9.17) is 4.52 Å². The van der Waals surface area contributed by atoms with E-state index in [0.717, 1.165) is 17.0 Å². The lowest BCUT2D eigenvalue weighted by Crippen LogP contribution is -2.41. The van der Waals surface area contributed by atoms with Gasteiger partial charge in [-0.15, -0.1) is 0 Å². The minimum atomic E-state index is -3.04. The Labute approximate surface area is 131 Å². The third-order valence-corrected chi connectivity index (χ3v) is 5.65. The van der Waals surface area contributed by atoms with E-state index in [1.165, 1.54) is 4.31 Å². The second-order valence-corrected chi connectivity index (χ2v) is 7.31. The van der Waals surface area contributed by atoms with Crippen molar-refractivity contribution in [2.75, 3.05) is 32.4 Å². The Balaban J connectivity index is 1.79. The number of nitrogens with zero attached hydrogens (tertiary/aromatic N) is 3. The molecule has 1 aliphatic heterocycles. The van der Waals surface area contributed by atoms with Gasteiger partial charge in [0.05, 0.1) is 11.4 Å². The quantitative estimate of drug-likeness (QED) is 0.582. The summed E-state index contributed by atoms with van der Waals surface area (Å²) in [6.45, 7) is 5.89. The summed E-state index contributed by atoms with van der Waals surface area (Å²) in [4.78, 5) is 4.12. The summed E-state index contributed by atoms with van der Waals surface area (Å²) < 4.78 is 30.0. The van der Waals surface area contributed by atoms with Crippen molar-refractivity contribution in [2.45, 2.75) is 26.8 Å². The highest BCUT2D eigenvalue weighted by atomic mass is 32.2. The van der Waals surface area contributed by atoms with Crippen LogP contribution in [0.3, 0.4) is 0 Å². The van der Waals surface area contributed by atoms with E-state index in [1.54, 1.807) is 7.05 Å². The number of hydrogen-bond acceptors (Lipinski definition) is 5. The molecule has 0 bridgehead atoms. The van der Waals surface area contributed by atoms with E-state index in [-0.39, 0.29) is 5.75 Å². The second kappa shape index (κ2) is 7.10. The molecule has 0 amide bonds. The lowest BCUT2D eigenvalue weighted by Gasteiger charge is -2.16. The zero-order valence-electron chi connectivity index (χ0n) is 13.2. The van der Waals surface area contributed by atoms with E-state index in [0.29, 0.717) is 38.6 Å². The Bertz CT molecular complexity index is 619. The van der Waals surface area contributed by atoms with Crippen molar-refractivity contribution in [3.63, 3.8) is 0 Å². The van der Waals surface area contributed by atoms with Crippen molar-refractivity contribution in [3.8, 4) is 0 Å². The van der Waals surface area contributed by atoms with E-state index < -0.39 is 10.0 Å². The molecule has 0 atom stereocenters. The van der Waals surface area contributed by atoms with E-state index >= 15 is 0 Å². The molecule has 1 fully saturated rings. The fourth-order valence-corrected chi connectivity index (χ4v) is 3.92. The topological polar surface area (TPSA) is 99.8 Å². The number of aryl methyl sites for hydroxylation is 2. The summed E-state index contributed by atoms with van der Waals surface area (Å²) in [6, 6.07) is 0. The SMILES string of the molecule is CN=C(NCCN1CCCS1(=O)=O)NCc1c(C)noc1C.